The number of carbonyl (C=O) groups excluding carboxylic acids is 1. The summed E-state index contributed by atoms with van der Waals surface area (Å²) in [4.78, 5) is 21.9. The molecular formula is C10H18O4S2. The molecule has 1 N–H and O–H groups in total. The van der Waals surface area contributed by atoms with Crippen molar-refractivity contribution in [3.8, 4) is 0 Å². The van der Waals surface area contributed by atoms with E-state index in [1.165, 1.54) is 11.8 Å². The number of carbonyl (C=O) groups is 2. The lowest BCUT2D eigenvalue weighted by atomic mass is 9.97. The first-order valence-corrected chi connectivity index (χ1v) is 7.40. The van der Waals surface area contributed by atoms with E-state index in [0.29, 0.717) is 12.4 Å². The van der Waals surface area contributed by atoms with Crippen LogP contribution in [-0.2, 0) is 14.3 Å². The highest BCUT2D eigenvalue weighted by atomic mass is 32.2. The molecule has 0 bridgehead atoms. The summed E-state index contributed by atoms with van der Waals surface area (Å²) in [5.74, 6) is 0.124. The van der Waals surface area contributed by atoms with Crippen LogP contribution in [0.1, 0.15) is 13.8 Å². The molecule has 0 heterocycles. The zero-order valence-electron chi connectivity index (χ0n) is 9.82. The van der Waals surface area contributed by atoms with Crippen LogP contribution in [-0.4, -0.2) is 47.2 Å². The van der Waals surface area contributed by atoms with E-state index in [4.69, 9.17) is 9.84 Å². The molecular weight excluding hydrogens is 248 g/mol. The maximum Gasteiger partial charge on any atom is 0.313 e. The van der Waals surface area contributed by atoms with Crippen molar-refractivity contribution in [3.05, 3.63) is 0 Å². The molecule has 16 heavy (non-hydrogen) atoms. The molecule has 0 fully saturated rings. The third kappa shape index (κ3) is 7.00. The Labute approximate surface area is 105 Å². The zero-order valence-corrected chi connectivity index (χ0v) is 11.4. The molecule has 0 aliphatic heterocycles. The fourth-order valence-electron chi connectivity index (χ4n) is 0.865. The van der Waals surface area contributed by atoms with Crippen molar-refractivity contribution >= 4 is 35.5 Å². The van der Waals surface area contributed by atoms with E-state index in [0.717, 1.165) is 5.75 Å². The van der Waals surface area contributed by atoms with Gasteiger partial charge in [-0.1, -0.05) is 0 Å². The second-order valence-electron chi connectivity index (χ2n) is 3.90. The van der Waals surface area contributed by atoms with E-state index < -0.39 is 11.4 Å². The molecule has 0 aromatic heterocycles. The molecule has 0 spiro atoms. The Morgan fingerprint density at radius 1 is 1.38 bits per heavy atom. The second kappa shape index (κ2) is 7.84. The van der Waals surface area contributed by atoms with Gasteiger partial charge in [0.25, 0.3) is 0 Å². The lowest BCUT2D eigenvalue weighted by molar-refractivity contribution is -0.152. The maximum absolute atomic E-state index is 11.6. The predicted octanol–water partition coefficient (Wildman–Crippen LogP) is 1.74. The third-order valence-corrected chi connectivity index (χ3v) is 3.71. The molecule has 0 saturated carbocycles. The SMILES string of the molecule is CSCCOC(=O)C(C)(C)CSCC(=O)O. The summed E-state index contributed by atoms with van der Waals surface area (Å²) < 4.78 is 5.08. The molecule has 0 radical (unpaired) electrons. The van der Waals surface area contributed by atoms with Crippen molar-refractivity contribution in [2.24, 2.45) is 5.41 Å². The molecule has 0 unspecified atom stereocenters. The number of ether oxygens (including phenoxy) is 1. The molecule has 0 aliphatic rings. The lowest BCUT2D eigenvalue weighted by Crippen LogP contribution is -2.30. The van der Waals surface area contributed by atoms with E-state index in [2.05, 4.69) is 0 Å². The Hall–Kier alpha value is -0.360. The van der Waals surface area contributed by atoms with E-state index in [1.54, 1.807) is 25.6 Å². The molecule has 4 nitrogen and oxygen atoms in total. The minimum absolute atomic E-state index is 0.0154. The first kappa shape index (κ1) is 15.6. The van der Waals surface area contributed by atoms with Crippen LogP contribution in [0.3, 0.4) is 0 Å². The predicted molar refractivity (Wildman–Crippen MR) is 68.1 cm³/mol. The van der Waals surface area contributed by atoms with Crippen molar-refractivity contribution < 1.29 is 19.4 Å². The van der Waals surface area contributed by atoms with E-state index in [-0.39, 0.29) is 11.7 Å². The van der Waals surface area contributed by atoms with Crippen LogP contribution in [0, 0.1) is 5.41 Å². The summed E-state index contributed by atoms with van der Waals surface area (Å²) in [6, 6.07) is 0. The van der Waals surface area contributed by atoms with Gasteiger partial charge in [0.05, 0.1) is 11.2 Å². The largest absolute Gasteiger partial charge is 0.481 e. The summed E-state index contributed by atoms with van der Waals surface area (Å²) in [5.41, 5.74) is -0.626. The Morgan fingerprint density at radius 3 is 2.50 bits per heavy atom. The number of hydrogen-bond acceptors (Lipinski definition) is 5. The fourth-order valence-corrected chi connectivity index (χ4v) is 2.02. The smallest absolute Gasteiger partial charge is 0.313 e. The van der Waals surface area contributed by atoms with Gasteiger partial charge in [0.2, 0.25) is 0 Å². The molecule has 6 heteroatoms. The van der Waals surface area contributed by atoms with Crippen LogP contribution in [0.25, 0.3) is 0 Å². The van der Waals surface area contributed by atoms with Crippen molar-refractivity contribution in [2.45, 2.75) is 13.8 Å². The van der Waals surface area contributed by atoms with Gasteiger partial charge in [0.1, 0.15) is 6.61 Å². The van der Waals surface area contributed by atoms with Gasteiger partial charge < -0.3 is 9.84 Å². The van der Waals surface area contributed by atoms with E-state index in [9.17, 15) is 9.59 Å². The minimum atomic E-state index is -0.864. The molecule has 0 rings (SSSR count). The molecule has 0 aromatic rings. The van der Waals surface area contributed by atoms with Gasteiger partial charge >= 0.3 is 11.9 Å². The Bertz CT molecular complexity index is 241. The first-order valence-electron chi connectivity index (χ1n) is 4.86. The number of aliphatic carboxylic acids is 1. The number of esters is 1. The van der Waals surface area contributed by atoms with Crippen LogP contribution < -0.4 is 0 Å². The van der Waals surface area contributed by atoms with Crippen LogP contribution in [0.5, 0.6) is 0 Å². The summed E-state index contributed by atoms with van der Waals surface area (Å²) in [6.07, 6.45) is 1.95. The number of carboxylic acid groups (broad SMARTS) is 1. The summed E-state index contributed by atoms with van der Waals surface area (Å²) in [6.45, 7) is 3.94. The maximum atomic E-state index is 11.6. The highest BCUT2D eigenvalue weighted by Gasteiger charge is 2.29. The summed E-state index contributed by atoms with van der Waals surface area (Å²) >= 11 is 2.85. The molecule has 94 valence electrons. The Balaban J connectivity index is 3.90. The van der Waals surface area contributed by atoms with Crippen molar-refractivity contribution in [3.63, 3.8) is 0 Å². The van der Waals surface area contributed by atoms with Crippen molar-refractivity contribution in [1.29, 1.82) is 0 Å². The van der Waals surface area contributed by atoms with Crippen molar-refractivity contribution in [1.82, 2.24) is 0 Å². The average Bonchev–Trinajstić information content (AvgIpc) is 2.17. The number of rotatable bonds is 8. The summed E-state index contributed by atoms with van der Waals surface area (Å²) in [7, 11) is 0. The third-order valence-electron chi connectivity index (χ3n) is 1.76. The second-order valence-corrected chi connectivity index (χ2v) is 5.87. The zero-order chi connectivity index (χ0) is 12.6. The van der Waals surface area contributed by atoms with Gasteiger partial charge in [0.15, 0.2) is 0 Å². The van der Waals surface area contributed by atoms with E-state index in [1.807, 2.05) is 6.26 Å². The fraction of sp³-hybridized carbons (Fsp3) is 0.800. The monoisotopic (exact) mass is 266 g/mol. The normalized spacial score (nSPS) is 11.2. The average molecular weight is 266 g/mol. The van der Waals surface area contributed by atoms with Gasteiger partial charge in [0, 0.05) is 11.5 Å². The van der Waals surface area contributed by atoms with E-state index >= 15 is 0 Å². The standard InChI is InChI=1S/C10H18O4S2/c1-10(2,7-16-6-8(11)12)9(13)14-4-5-15-3/h4-7H2,1-3H3,(H,11,12). The van der Waals surface area contributed by atoms with Gasteiger partial charge in [-0.2, -0.15) is 11.8 Å². The highest BCUT2D eigenvalue weighted by Crippen LogP contribution is 2.23. The molecule has 0 saturated heterocycles. The van der Waals surface area contributed by atoms with Crippen LogP contribution >= 0.6 is 23.5 Å². The van der Waals surface area contributed by atoms with Crippen LogP contribution in [0.4, 0.5) is 0 Å². The first-order chi connectivity index (χ1) is 7.40. The molecule has 0 amide bonds. The lowest BCUT2D eigenvalue weighted by Gasteiger charge is -2.21. The Morgan fingerprint density at radius 2 is 2.00 bits per heavy atom. The Kier molecular flexibility index (Phi) is 7.66. The number of hydrogen-bond donors (Lipinski definition) is 1. The molecule has 0 atom stereocenters. The summed E-state index contributed by atoms with van der Waals surface area (Å²) in [5, 5.41) is 8.48. The van der Waals surface area contributed by atoms with Crippen LogP contribution in [0.2, 0.25) is 0 Å². The van der Waals surface area contributed by atoms with Gasteiger partial charge in [-0.3, -0.25) is 9.59 Å². The number of carboxylic acids is 1. The number of thioether (sulfide) groups is 2. The topological polar surface area (TPSA) is 63.6 Å². The highest BCUT2D eigenvalue weighted by molar-refractivity contribution is 8.00. The van der Waals surface area contributed by atoms with Gasteiger partial charge in [-0.25, -0.2) is 0 Å². The van der Waals surface area contributed by atoms with Gasteiger partial charge in [-0.15, -0.1) is 11.8 Å². The van der Waals surface area contributed by atoms with Crippen LogP contribution in [0.15, 0.2) is 0 Å². The minimum Gasteiger partial charge on any atom is -0.481 e. The molecule has 0 aromatic carbocycles. The van der Waals surface area contributed by atoms with Gasteiger partial charge in [-0.05, 0) is 20.1 Å². The van der Waals surface area contributed by atoms with Crippen molar-refractivity contribution in [2.75, 3.05) is 30.1 Å². The molecule has 0 aliphatic carbocycles. The quantitative estimate of drug-likeness (QED) is 0.533.